The SMILES string of the molecule is CO/N=C(\C)[C@@]1(O[Si](C)(C)C)CC[C@H]2[C@@H]3CC[C@H]4C[C@H](O[Si](C)(C)C)CC[C@]4(C)[C@H]3CC[C@@]21C. The molecule has 4 rings (SSSR count). The summed E-state index contributed by atoms with van der Waals surface area (Å²) in [5.74, 6) is 3.27. The van der Waals surface area contributed by atoms with Gasteiger partial charge in [-0.1, -0.05) is 19.0 Å². The Kier molecular flexibility index (Phi) is 7.10. The fourth-order valence-corrected chi connectivity index (χ4v) is 12.1. The first kappa shape index (κ1) is 26.9. The van der Waals surface area contributed by atoms with Crippen LogP contribution < -0.4 is 0 Å². The predicted molar refractivity (Wildman–Crippen MR) is 147 cm³/mol. The van der Waals surface area contributed by atoms with Gasteiger partial charge in [0.2, 0.25) is 0 Å². The third-order valence-corrected chi connectivity index (χ3v) is 12.6. The Bertz CT molecular complexity index is 790. The van der Waals surface area contributed by atoms with Crippen molar-refractivity contribution in [2.75, 3.05) is 7.11 Å². The monoisotopic (exact) mass is 507 g/mol. The van der Waals surface area contributed by atoms with Gasteiger partial charge >= 0.3 is 0 Å². The quantitative estimate of drug-likeness (QED) is 0.209. The molecule has 0 bridgehead atoms. The van der Waals surface area contributed by atoms with Gasteiger partial charge in [0.15, 0.2) is 16.6 Å². The minimum Gasteiger partial charge on any atom is -0.415 e. The second kappa shape index (κ2) is 8.99. The van der Waals surface area contributed by atoms with Crippen LogP contribution in [0.3, 0.4) is 0 Å². The zero-order chi connectivity index (χ0) is 25.2. The second-order valence-electron chi connectivity index (χ2n) is 14.7. The molecule has 0 spiro atoms. The molecule has 4 aliphatic rings. The maximum absolute atomic E-state index is 7.16. The summed E-state index contributed by atoms with van der Waals surface area (Å²) in [6.07, 6.45) is 12.2. The molecule has 0 saturated heterocycles. The molecular formula is C28H53NO3Si2. The molecule has 0 N–H and O–H groups in total. The number of hydrogen-bond acceptors (Lipinski definition) is 4. The molecule has 0 aliphatic heterocycles. The Labute approximate surface area is 212 Å². The Morgan fingerprint density at radius 2 is 1.50 bits per heavy atom. The summed E-state index contributed by atoms with van der Waals surface area (Å²) in [5, 5.41) is 4.52. The molecule has 4 saturated carbocycles. The number of oxime groups is 1. The number of hydrogen-bond donors (Lipinski definition) is 0. The predicted octanol–water partition coefficient (Wildman–Crippen LogP) is 7.86. The van der Waals surface area contributed by atoms with E-state index in [9.17, 15) is 0 Å². The van der Waals surface area contributed by atoms with E-state index >= 15 is 0 Å². The molecule has 0 unspecified atom stereocenters. The summed E-state index contributed by atoms with van der Waals surface area (Å²) in [6, 6.07) is 0. The number of nitrogens with zero attached hydrogens (tertiary/aromatic N) is 1. The van der Waals surface area contributed by atoms with Crippen molar-refractivity contribution >= 4 is 22.3 Å². The van der Waals surface area contributed by atoms with Gasteiger partial charge in [-0.2, -0.15) is 0 Å². The van der Waals surface area contributed by atoms with Crippen LogP contribution in [0.1, 0.15) is 78.6 Å². The van der Waals surface area contributed by atoms with E-state index in [1.807, 2.05) is 0 Å². The molecule has 0 heterocycles. The Hall–Kier alpha value is -0.176. The van der Waals surface area contributed by atoms with Crippen LogP contribution in [-0.2, 0) is 13.7 Å². The van der Waals surface area contributed by atoms with Gasteiger partial charge in [0, 0.05) is 11.5 Å². The van der Waals surface area contributed by atoms with Crippen molar-refractivity contribution in [1.29, 1.82) is 0 Å². The lowest BCUT2D eigenvalue weighted by molar-refractivity contribution is -0.139. The van der Waals surface area contributed by atoms with Crippen molar-refractivity contribution in [2.45, 2.75) is 130 Å². The van der Waals surface area contributed by atoms with Crippen LogP contribution in [0.15, 0.2) is 5.16 Å². The molecule has 0 aromatic rings. The molecule has 4 aliphatic carbocycles. The molecule has 196 valence electrons. The van der Waals surface area contributed by atoms with E-state index in [4.69, 9.17) is 13.7 Å². The van der Waals surface area contributed by atoms with Gasteiger partial charge in [-0.3, -0.25) is 0 Å². The van der Waals surface area contributed by atoms with Crippen LogP contribution in [0, 0.1) is 34.5 Å². The highest BCUT2D eigenvalue weighted by atomic mass is 28.4. The van der Waals surface area contributed by atoms with E-state index in [2.05, 4.69) is 65.2 Å². The Morgan fingerprint density at radius 1 is 0.824 bits per heavy atom. The van der Waals surface area contributed by atoms with Crippen molar-refractivity contribution in [2.24, 2.45) is 39.7 Å². The van der Waals surface area contributed by atoms with Crippen LogP contribution in [0.4, 0.5) is 0 Å². The van der Waals surface area contributed by atoms with Gasteiger partial charge in [-0.05, 0) is 133 Å². The number of fused-ring (bicyclic) bond motifs is 5. The molecule has 0 amide bonds. The number of rotatable bonds is 6. The molecule has 8 atom stereocenters. The van der Waals surface area contributed by atoms with Crippen molar-refractivity contribution in [1.82, 2.24) is 0 Å². The highest BCUT2D eigenvalue weighted by Gasteiger charge is 2.67. The Morgan fingerprint density at radius 3 is 2.12 bits per heavy atom. The van der Waals surface area contributed by atoms with E-state index in [1.165, 1.54) is 51.4 Å². The highest BCUT2D eigenvalue weighted by Crippen LogP contribution is 2.69. The molecular weight excluding hydrogens is 454 g/mol. The normalized spacial score (nSPS) is 45.4. The van der Waals surface area contributed by atoms with Gasteiger partial charge in [-0.15, -0.1) is 0 Å². The lowest BCUT2D eigenvalue weighted by Gasteiger charge is -2.62. The maximum atomic E-state index is 7.16. The third-order valence-electron chi connectivity index (χ3n) is 10.6. The molecule has 4 nitrogen and oxygen atoms in total. The van der Waals surface area contributed by atoms with Crippen LogP contribution in [0.2, 0.25) is 39.3 Å². The van der Waals surface area contributed by atoms with Crippen LogP contribution in [-0.4, -0.2) is 41.2 Å². The topological polar surface area (TPSA) is 40.0 Å². The van der Waals surface area contributed by atoms with Crippen LogP contribution >= 0.6 is 0 Å². The third kappa shape index (κ3) is 4.52. The minimum atomic E-state index is -1.77. The summed E-state index contributed by atoms with van der Waals surface area (Å²) in [4.78, 5) is 5.33. The second-order valence-corrected chi connectivity index (χ2v) is 23.6. The summed E-state index contributed by atoms with van der Waals surface area (Å²) < 4.78 is 13.8. The molecule has 4 fully saturated rings. The first-order valence-electron chi connectivity index (χ1n) is 14.1. The van der Waals surface area contributed by atoms with E-state index < -0.39 is 16.6 Å². The maximum Gasteiger partial charge on any atom is 0.185 e. The zero-order valence-corrected chi connectivity index (χ0v) is 25.9. The first-order valence-corrected chi connectivity index (χ1v) is 20.9. The Balaban J connectivity index is 1.60. The van der Waals surface area contributed by atoms with E-state index in [0.717, 1.165) is 35.8 Å². The fourth-order valence-electron chi connectivity index (χ4n) is 9.39. The van der Waals surface area contributed by atoms with Gasteiger partial charge in [0.05, 0.1) is 5.71 Å². The molecule has 6 heteroatoms. The molecule has 0 aromatic carbocycles. The summed E-state index contributed by atoms with van der Waals surface area (Å²) in [6.45, 7) is 21.5. The first-order chi connectivity index (χ1) is 15.7. The fraction of sp³-hybridized carbons (Fsp3) is 0.964. The van der Waals surface area contributed by atoms with Gasteiger partial charge in [0.1, 0.15) is 12.7 Å². The summed E-state index contributed by atoms with van der Waals surface area (Å²) >= 11 is 0. The smallest absolute Gasteiger partial charge is 0.185 e. The van der Waals surface area contributed by atoms with E-state index in [0.29, 0.717) is 11.5 Å². The van der Waals surface area contributed by atoms with Crippen molar-refractivity contribution in [3.05, 3.63) is 0 Å². The van der Waals surface area contributed by atoms with Crippen LogP contribution in [0.25, 0.3) is 0 Å². The van der Waals surface area contributed by atoms with Crippen molar-refractivity contribution < 1.29 is 13.7 Å². The molecule has 0 radical (unpaired) electrons. The molecule has 34 heavy (non-hydrogen) atoms. The average Bonchev–Trinajstić information content (AvgIpc) is 2.99. The standard InChI is InChI=1S/C28H53NO3Si2/c1-20(29-30-4)28(32-34(8,9)10)18-15-25-23-12-11-21-19-22(31-33(5,6)7)13-16-26(21,2)24(23)14-17-27(25,28)3/h21-25H,11-19H2,1-10H3/b29-20+/t21-,22+,23+,24-,25-,26-,27-,28-/m0/s1. The highest BCUT2D eigenvalue weighted by molar-refractivity contribution is 6.70. The lowest BCUT2D eigenvalue weighted by atomic mass is 9.44. The zero-order valence-electron chi connectivity index (χ0n) is 23.9. The van der Waals surface area contributed by atoms with Crippen molar-refractivity contribution in [3.8, 4) is 0 Å². The average molecular weight is 508 g/mol. The van der Waals surface area contributed by atoms with E-state index in [-0.39, 0.29) is 11.0 Å². The molecule has 0 aromatic heterocycles. The minimum absolute atomic E-state index is 0.155. The summed E-state index contributed by atoms with van der Waals surface area (Å²) in [5.41, 5.74) is 1.46. The largest absolute Gasteiger partial charge is 0.415 e. The van der Waals surface area contributed by atoms with Gasteiger partial charge < -0.3 is 13.7 Å². The lowest BCUT2D eigenvalue weighted by Crippen LogP contribution is -2.61. The summed E-state index contributed by atoms with van der Waals surface area (Å²) in [7, 11) is -1.56. The van der Waals surface area contributed by atoms with Crippen LogP contribution in [0.5, 0.6) is 0 Å². The van der Waals surface area contributed by atoms with Gasteiger partial charge in [0.25, 0.3) is 0 Å². The van der Waals surface area contributed by atoms with Crippen molar-refractivity contribution in [3.63, 3.8) is 0 Å². The van der Waals surface area contributed by atoms with E-state index in [1.54, 1.807) is 7.11 Å². The van der Waals surface area contributed by atoms with Gasteiger partial charge in [-0.25, -0.2) is 0 Å².